The maximum absolute atomic E-state index is 14.4. The van der Waals surface area contributed by atoms with Crippen molar-refractivity contribution in [1.29, 1.82) is 0 Å². The molecule has 0 aromatic heterocycles. The van der Waals surface area contributed by atoms with Gasteiger partial charge in [0.2, 0.25) is 16.8 Å². The zero-order chi connectivity index (χ0) is 27.7. The molecule has 1 atom stereocenters. The lowest BCUT2D eigenvalue weighted by Crippen LogP contribution is -2.42. The van der Waals surface area contributed by atoms with E-state index in [0.717, 1.165) is 17.0 Å². The number of rotatable bonds is 7. The van der Waals surface area contributed by atoms with Gasteiger partial charge in [-0.1, -0.05) is 0 Å². The largest absolute Gasteiger partial charge is 0.497 e. The molecule has 1 saturated heterocycles. The molecule has 2 N–H and O–H groups in total. The van der Waals surface area contributed by atoms with E-state index in [0.29, 0.717) is 16.4 Å². The molecule has 3 aromatic carbocycles. The zero-order valence-electron chi connectivity index (χ0n) is 19.2. The van der Waals surface area contributed by atoms with Crippen LogP contribution in [0.2, 0.25) is 0 Å². The third kappa shape index (κ3) is 4.94. The molecule has 14 heteroatoms. The fraction of sp³-hybridized carbons (Fsp3) is 0.125. The van der Waals surface area contributed by atoms with Gasteiger partial charge in [-0.2, -0.15) is 0 Å². The van der Waals surface area contributed by atoms with E-state index in [4.69, 9.17) is 17.0 Å². The highest BCUT2D eigenvalue weighted by Crippen LogP contribution is 2.32. The summed E-state index contributed by atoms with van der Waals surface area (Å²) in [5.74, 6) is -13.0. The van der Waals surface area contributed by atoms with E-state index >= 15 is 0 Å². The standard InChI is InChI=1S/C24H16F6N4O3S/c1-37-14-8-4-12(5-9-14)31-16(35)10-15-23(36)33(13-6-2-11(25)3-7-13)24(38)34(15)32-22-20(29)18(27)17(26)19(28)21(22)30/h2-9,15,32H,10H2,1H3,(H,31,35)/t15-/m0/s1. The van der Waals surface area contributed by atoms with Crippen molar-refractivity contribution in [2.75, 3.05) is 22.8 Å². The van der Waals surface area contributed by atoms with Gasteiger partial charge in [0.15, 0.2) is 23.3 Å². The first-order chi connectivity index (χ1) is 18.0. The second kappa shape index (κ2) is 10.6. The van der Waals surface area contributed by atoms with E-state index in [-0.39, 0.29) is 5.69 Å². The highest BCUT2D eigenvalue weighted by atomic mass is 32.1. The minimum atomic E-state index is -2.38. The molecule has 3 aromatic rings. The number of hydrazine groups is 1. The molecule has 0 saturated carbocycles. The quantitative estimate of drug-likeness (QED) is 0.188. The van der Waals surface area contributed by atoms with Crippen molar-refractivity contribution in [2.45, 2.75) is 12.5 Å². The Kier molecular flexibility index (Phi) is 7.44. The maximum Gasteiger partial charge on any atom is 0.258 e. The lowest BCUT2D eigenvalue weighted by Gasteiger charge is -2.26. The topological polar surface area (TPSA) is 73.9 Å². The number of benzene rings is 3. The molecule has 0 spiro atoms. The smallest absolute Gasteiger partial charge is 0.258 e. The Morgan fingerprint density at radius 1 is 0.895 bits per heavy atom. The average molecular weight is 554 g/mol. The van der Waals surface area contributed by atoms with Crippen molar-refractivity contribution in [3.8, 4) is 5.75 Å². The first kappa shape index (κ1) is 26.7. The van der Waals surface area contributed by atoms with Gasteiger partial charge in [0.1, 0.15) is 23.3 Å². The molecular formula is C24H16F6N4O3S. The second-order valence-corrected chi connectivity index (χ2v) is 8.22. The van der Waals surface area contributed by atoms with E-state index in [1.54, 1.807) is 12.1 Å². The Balaban J connectivity index is 1.68. The number of hydrogen-bond acceptors (Lipinski definition) is 5. The van der Waals surface area contributed by atoms with E-state index in [1.807, 2.05) is 5.43 Å². The number of carbonyl (C=O) groups is 2. The van der Waals surface area contributed by atoms with Crippen molar-refractivity contribution in [3.63, 3.8) is 0 Å². The van der Waals surface area contributed by atoms with Gasteiger partial charge in [-0.25, -0.2) is 31.4 Å². The Labute approximate surface area is 216 Å². The Morgan fingerprint density at radius 2 is 1.45 bits per heavy atom. The van der Waals surface area contributed by atoms with Gasteiger partial charge in [-0.05, 0) is 60.7 Å². The van der Waals surface area contributed by atoms with Crippen LogP contribution in [0.4, 0.5) is 43.4 Å². The van der Waals surface area contributed by atoms with Crippen LogP contribution in [-0.2, 0) is 9.59 Å². The van der Waals surface area contributed by atoms with Crippen molar-refractivity contribution in [1.82, 2.24) is 5.01 Å². The Morgan fingerprint density at radius 3 is 2.00 bits per heavy atom. The number of amides is 2. The minimum Gasteiger partial charge on any atom is -0.497 e. The molecule has 1 heterocycles. The monoisotopic (exact) mass is 554 g/mol. The molecular weight excluding hydrogens is 538 g/mol. The summed E-state index contributed by atoms with van der Waals surface area (Å²) in [6.45, 7) is 0. The number of anilines is 3. The van der Waals surface area contributed by atoms with Crippen LogP contribution in [0.15, 0.2) is 48.5 Å². The summed E-state index contributed by atoms with van der Waals surface area (Å²) in [6.07, 6.45) is -0.662. The van der Waals surface area contributed by atoms with Gasteiger partial charge in [0.05, 0.1) is 19.2 Å². The maximum atomic E-state index is 14.4. The summed E-state index contributed by atoms with van der Waals surface area (Å²) in [4.78, 5) is 26.9. The summed E-state index contributed by atoms with van der Waals surface area (Å²) in [6, 6.07) is 8.90. The van der Waals surface area contributed by atoms with Crippen molar-refractivity contribution in [3.05, 3.63) is 83.4 Å². The SMILES string of the molecule is COc1ccc(NC(=O)C[C@H]2C(=O)N(c3ccc(F)cc3)C(=S)N2Nc2c(F)c(F)c(F)c(F)c2F)cc1. The molecule has 7 nitrogen and oxygen atoms in total. The average Bonchev–Trinajstić information content (AvgIpc) is 3.13. The van der Waals surface area contributed by atoms with Crippen LogP contribution in [-0.4, -0.2) is 35.1 Å². The molecule has 0 unspecified atom stereocenters. The van der Waals surface area contributed by atoms with Gasteiger partial charge in [-0.3, -0.25) is 19.9 Å². The van der Waals surface area contributed by atoms with Gasteiger partial charge in [0, 0.05) is 5.69 Å². The molecule has 0 aliphatic carbocycles. The Bertz CT molecular complexity index is 1390. The number of thiocarbonyl (C=S) groups is 1. The van der Waals surface area contributed by atoms with Crippen LogP contribution < -0.4 is 20.4 Å². The normalized spacial score (nSPS) is 15.2. The molecule has 4 rings (SSSR count). The molecule has 0 bridgehead atoms. The lowest BCUT2D eigenvalue weighted by atomic mass is 10.1. The summed E-state index contributed by atoms with van der Waals surface area (Å²) >= 11 is 5.24. The van der Waals surface area contributed by atoms with Crippen LogP contribution in [0.3, 0.4) is 0 Å². The van der Waals surface area contributed by atoms with Crippen LogP contribution in [0, 0.1) is 34.9 Å². The predicted molar refractivity (Wildman–Crippen MR) is 128 cm³/mol. The number of halogens is 6. The van der Waals surface area contributed by atoms with Gasteiger partial charge in [-0.15, -0.1) is 0 Å². The third-order valence-electron chi connectivity index (χ3n) is 5.49. The zero-order valence-corrected chi connectivity index (χ0v) is 20.0. The predicted octanol–water partition coefficient (Wildman–Crippen LogP) is 4.89. The summed E-state index contributed by atoms with van der Waals surface area (Å²) < 4.78 is 88.4. The highest BCUT2D eigenvalue weighted by Gasteiger charge is 2.45. The number of nitrogens with zero attached hydrogens (tertiary/aromatic N) is 2. The van der Waals surface area contributed by atoms with Gasteiger partial charge in [0.25, 0.3) is 5.91 Å². The lowest BCUT2D eigenvalue weighted by molar-refractivity contribution is -0.124. The van der Waals surface area contributed by atoms with Crippen molar-refractivity contribution < 1.29 is 40.7 Å². The summed E-state index contributed by atoms with van der Waals surface area (Å²) in [7, 11) is 1.45. The molecule has 1 aliphatic rings. The van der Waals surface area contributed by atoms with Gasteiger partial charge < -0.3 is 10.1 Å². The Hall–Kier alpha value is -4.33. The van der Waals surface area contributed by atoms with Crippen molar-refractivity contribution in [2.24, 2.45) is 0 Å². The first-order valence-corrected chi connectivity index (χ1v) is 11.1. The molecule has 198 valence electrons. The third-order valence-corrected chi connectivity index (χ3v) is 5.87. The number of hydrogen-bond donors (Lipinski definition) is 2. The van der Waals surface area contributed by atoms with Crippen LogP contribution in [0.1, 0.15) is 6.42 Å². The van der Waals surface area contributed by atoms with Crippen molar-refractivity contribution >= 4 is 46.2 Å². The molecule has 1 aliphatic heterocycles. The molecule has 1 fully saturated rings. The minimum absolute atomic E-state index is 0.0312. The van der Waals surface area contributed by atoms with E-state index in [9.17, 15) is 35.9 Å². The highest BCUT2D eigenvalue weighted by molar-refractivity contribution is 7.80. The first-order valence-electron chi connectivity index (χ1n) is 10.7. The van der Waals surface area contributed by atoms with Crippen LogP contribution >= 0.6 is 12.2 Å². The van der Waals surface area contributed by atoms with Crippen LogP contribution in [0.25, 0.3) is 0 Å². The molecule has 2 amide bonds. The number of ether oxygens (including phenoxy) is 1. The fourth-order valence-corrected chi connectivity index (χ4v) is 3.98. The number of methoxy groups -OCH3 is 1. The second-order valence-electron chi connectivity index (χ2n) is 7.86. The van der Waals surface area contributed by atoms with Crippen LogP contribution in [0.5, 0.6) is 5.75 Å². The number of carbonyl (C=O) groups excluding carboxylic acids is 2. The van der Waals surface area contributed by atoms with E-state index in [1.165, 1.54) is 31.4 Å². The summed E-state index contributed by atoms with van der Waals surface area (Å²) in [5.41, 5.74) is 0.836. The molecule has 38 heavy (non-hydrogen) atoms. The summed E-state index contributed by atoms with van der Waals surface area (Å²) in [5, 5.41) is 2.66. The fourth-order valence-electron chi connectivity index (χ4n) is 3.61. The van der Waals surface area contributed by atoms with E-state index < -0.39 is 70.0 Å². The van der Waals surface area contributed by atoms with E-state index in [2.05, 4.69) is 5.32 Å². The molecule has 0 radical (unpaired) electrons. The number of nitrogens with one attached hydrogen (secondary N) is 2. The van der Waals surface area contributed by atoms with Gasteiger partial charge >= 0.3 is 0 Å².